The quantitative estimate of drug-likeness (QED) is 0.868. The number of rotatable bonds is 6. The highest BCUT2D eigenvalue weighted by Crippen LogP contribution is 2.27. The van der Waals surface area contributed by atoms with Crippen molar-refractivity contribution in [3.63, 3.8) is 0 Å². The van der Waals surface area contributed by atoms with Crippen molar-refractivity contribution >= 4 is 0 Å². The number of hydrogen-bond donors (Lipinski definition) is 1. The first-order valence-corrected chi connectivity index (χ1v) is 7.43. The molecule has 1 aliphatic rings. The van der Waals surface area contributed by atoms with Crippen molar-refractivity contribution in [2.45, 2.75) is 52.1 Å². The van der Waals surface area contributed by atoms with Gasteiger partial charge in [0.2, 0.25) is 11.8 Å². The minimum atomic E-state index is -0.133. The molecule has 1 N–H and O–H groups in total. The van der Waals surface area contributed by atoms with E-state index in [1.165, 1.54) is 12.8 Å². The molecule has 0 saturated heterocycles. The summed E-state index contributed by atoms with van der Waals surface area (Å²) in [4.78, 5) is 0. The van der Waals surface area contributed by atoms with Crippen LogP contribution in [0.2, 0.25) is 0 Å². The van der Waals surface area contributed by atoms with Gasteiger partial charge in [0, 0.05) is 12.0 Å². The smallest absolute Gasteiger partial charge is 0.238 e. The Kier molecular flexibility index (Phi) is 3.75. The maximum absolute atomic E-state index is 5.66. The van der Waals surface area contributed by atoms with Crippen LogP contribution in [0.1, 0.15) is 51.1 Å². The normalized spacial score (nSPS) is 15.6. The molecular formula is C14H22N6O. The van der Waals surface area contributed by atoms with Gasteiger partial charge in [-0.05, 0) is 25.3 Å². The van der Waals surface area contributed by atoms with Crippen molar-refractivity contribution in [2.24, 2.45) is 5.92 Å². The zero-order valence-corrected chi connectivity index (χ0v) is 12.8. The van der Waals surface area contributed by atoms with Gasteiger partial charge in [0.25, 0.3) is 0 Å². The predicted octanol–water partition coefficient (Wildman–Crippen LogP) is 1.51. The van der Waals surface area contributed by atoms with Gasteiger partial charge < -0.3 is 9.73 Å². The molecule has 1 aliphatic carbocycles. The molecule has 0 radical (unpaired) electrons. The maximum atomic E-state index is 5.66. The van der Waals surface area contributed by atoms with Crippen LogP contribution in [-0.4, -0.2) is 31.7 Å². The fourth-order valence-electron chi connectivity index (χ4n) is 1.98. The molecule has 0 amide bonds. The van der Waals surface area contributed by atoms with Crippen molar-refractivity contribution in [1.29, 1.82) is 0 Å². The summed E-state index contributed by atoms with van der Waals surface area (Å²) in [5, 5.41) is 19.8. The third-order valence-corrected chi connectivity index (χ3v) is 3.43. The van der Waals surface area contributed by atoms with Crippen LogP contribution in [0, 0.1) is 5.92 Å². The minimum Gasteiger partial charge on any atom is -0.423 e. The van der Waals surface area contributed by atoms with Crippen molar-refractivity contribution in [1.82, 2.24) is 30.5 Å². The fraction of sp³-hybridized carbons (Fsp3) is 0.714. The van der Waals surface area contributed by atoms with Gasteiger partial charge in [0.05, 0.1) is 11.9 Å². The molecular weight excluding hydrogens is 268 g/mol. The Morgan fingerprint density at radius 3 is 2.76 bits per heavy atom. The van der Waals surface area contributed by atoms with Crippen LogP contribution < -0.4 is 5.32 Å². The molecule has 3 rings (SSSR count). The molecule has 1 saturated carbocycles. The Morgan fingerprint density at radius 1 is 1.29 bits per heavy atom. The van der Waals surface area contributed by atoms with Crippen LogP contribution in [0.25, 0.3) is 0 Å². The Morgan fingerprint density at radius 2 is 2.10 bits per heavy atom. The first-order chi connectivity index (χ1) is 10.0. The van der Waals surface area contributed by atoms with E-state index in [1.54, 1.807) is 4.68 Å². The largest absolute Gasteiger partial charge is 0.423 e. The topological polar surface area (TPSA) is 81.7 Å². The lowest BCUT2D eigenvalue weighted by Crippen LogP contribution is -2.16. The average Bonchev–Trinajstić information content (AvgIpc) is 2.93. The van der Waals surface area contributed by atoms with E-state index in [9.17, 15) is 0 Å². The number of nitrogens with one attached hydrogen (secondary N) is 1. The third kappa shape index (κ3) is 3.87. The first-order valence-electron chi connectivity index (χ1n) is 7.43. The molecule has 0 bridgehead atoms. The van der Waals surface area contributed by atoms with E-state index in [0.29, 0.717) is 18.3 Å². The van der Waals surface area contributed by atoms with Gasteiger partial charge in [-0.25, -0.2) is 4.68 Å². The highest BCUT2D eigenvalue weighted by atomic mass is 16.4. The van der Waals surface area contributed by atoms with Crippen LogP contribution in [0.15, 0.2) is 10.6 Å². The van der Waals surface area contributed by atoms with Crippen molar-refractivity contribution in [3.05, 3.63) is 23.7 Å². The van der Waals surface area contributed by atoms with Gasteiger partial charge in [0.15, 0.2) is 0 Å². The molecule has 2 aromatic heterocycles. The summed E-state index contributed by atoms with van der Waals surface area (Å²) >= 11 is 0. The van der Waals surface area contributed by atoms with Gasteiger partial charge in [0.1, 0.15) is 6.54 Å². The summed E-state index contributed by atoms with van der Waals surface area (Å²) < 4.78 is 7.39. The van der Waals surface area contributed by atoms with E-state index in [1.807, 2.05) is 27.0 Å². The Labute approximate surface area is 124 Å². The molecule has 2 aromatic rings. The molecule has 0 spiro atoms. The molecule has 0 unspecified atom stereocenters. The van der Waals surface area contributed by atoms with Crippen LogP contribution in [0.4, 0.5) is 0 Å². The minimum absolute atomic E-state index is 0.133. The highest BCUT2D eigenvalue weighted by molar-refractivity contribution is 4.97. The number of hydrogen-bond acceptors (Lipinski definition) is 6. The van der Waals surface area contributed by atoms with Crippen LogP contribution in [-0.2, 0) is 18.5 Å². The van der Waals surface area contributed by atoms with Gasteiger partial charge >= 0.3 is 0 Å². The Balaban J connectivity index is 1.54. The summed E-state index contributed by atoms with van der Waals surface area (Å²) in [6.45, 7) is 8.42. The average molecular weight is 290 g/mol. The molecule has 0 atom stereocenters. The van der Waals surface area contributed by atoms with Crippen LogP contribution in [0.3, 0.4) is 0 Å². The van der Waals surface area contributed by atoms with Crippen molar-refractivity contribution in [3.8, 4) is 0 Å². The zero-order valence-electron chi connectivity index (χ0n) is 12.8. The van der Waals surface area contributed by atoms with E-state index in [2.05, 4.69) is 25.8 Å². The second kappa shape index (κ2) is 5.55. The highest BCUT2D eigenvalue weighted by Gasteiger charge is 2.22. The van der Waals surface area contributed by atoms with Crippen molar-refractivity contribution < 1.29 is 4.42 Å². The lowest BCUT2D eigenvalue weighted by Gasteiger charge is -2.10. The Hall–Kier alpha value is -1.76. The lowest BCUT2D eigenvalue weighted by molar-refractivity contribution is 0.362. The lowest BCUT2D eigenvalue weighted by atomic mass is 9.97. The molecule has 114 valence electrons. The zero-order chi connectivity index (χ0) is 14.9. The second-order valence-corrected chi connectivity index (χ2v) is 6.73. The second-order valence-electron chi connectivity index (χ2n) is 6.73. The van der Waals surface area contributed by atoms with Crippen LogP contribution >= 0.6 is 0 Å². The monoisotopic (exact) mass is 290 g/mol. The predicted molar refractivity (Wildman–Crippen MR) is 76.6 cm³/mol. The SMILES string of the molecule is CC(C)(C)c1nnc(Cn2cc(CNCC3CC3)nn2)o1. The first kappa shape index (κ1) is 14.2. The molecule has 21 heavy (non-hydrogen) atoms. The van der Waals surface area contributed by atoms with Gasteiger partial charge in [-0.2, -0.15) is 0 Å². The summed E-state index contributed by atoms with van der Waals surface area (Å²) in [5.41, 5.74) is 0.803. The molecule has 0 aromatic carbocycles. The molecule has 1 fully saturated rings. The summed E-state index contributed by atoms with van der Waals surface area (Å²) in [7, 11) is 0. The molecule has 2 heterocycles. The Bertz CT molecular complexity index is 593. The fourth-order valence-corrected chi connectivity index (χ4v) is 1.98. The maximum Gasteiger partial charge on any atom is 0.238 e. The van der Waals surface area contributed by atoms with Gasteiger partial charge in [-0.3, -0.25) is 0 Å². The molecule has 7 heteroatoms. The number of nitrogens with zero attached hydrogens (tertiary/aromatic N) is 5. The van der Waals surface area contributed by atoms with Crippen molar-refractivity contribution in [2.75, 3.05) is 6.54 Å². The van der Waals surface area contributed by atoms with E-state index >= 15 is 0 Å². The van der Waals surface area contributed by atoms with Gasteiger partial charge in [-0.1, -0.05) is 26.0 Å². The van der Waals surface area contributed by atoms with Crippen LogP contribution in [0.5, 0.6) is 0 Å². The van der Waals surface area contributed by atoms with Gasteiger partial charge in [-0.15, -0.1) is 15.3 Å². The number of aromatic nitrogens is 5. The molecule has 0 aliphatic heterocycles. The molecule has 7 nitrogen and oxygen atoms in total. The summed E-state index contributed by atoms with van der Waals surface area (Å²) in [6.07, 6.45) is 4.63. The summed E-state index contributed by atoms with van der Waals surface area (Å²) in [5.74, 6) is 2.07. The summed E-state index contributed by atoms with van der Waals surface area (Å²) in [6, 6.07) is 0. The van der Waals surface area contributed by atoms with E-state index < -0.39 is 0 Å². The third-order valence-electron chi connectivity index (χ3n) is 3.43. The van der Waals surface area contributed by atoms with E-state index in [4.69, 9.17) is 4.42 Å². The standard InChI is InChI=1S/C14H22N6O/c1-14(2,3)13-18-17-12(21-13)9-20-8-11(16-19-20)7-15-6-10-4-5-10/h8,10,15H,4-7,9H2,1-3H3. The van der Waals surface area contributed by atoms with E-state index in [-0.39, 0.29) is 5.41 Å². The van der Waals surface area contributed by atoms with E-state index in [0.717, 1.165) is 24.7 Å².